The van der Waals surface area contributed by atoms with Crippen molar-refractivity contribution in [1.82, 2.24) is 10.7 Å². The van der Waals surface area contributed by atoms with Crippen LogP contribution in [0.15, 0.2) is 94.5 Å². The molecule has 0 fully saturated rings. The van der Waals surface area contributed by atoms with Gasteiger partial charge in [0.1, 0.15) is 12.4 Å². The molecular formula is C27H21BrClN3O3. The second kappa shape index (κ2) is 11.6. The third kappa shape index (κ3) is 6.68. The smallest absolute Gasteiger partial charge is 0.259 e. The van der Waals surface area contributed by atoms with E-state index in [-0.39, 0.29) is 6.54 Å². The Morgan fingerprint density at radius 3 is 2.63 bits per heavy atom. The largest absolute Gasteiger partial charge is 0.488 e. The average Bonchev–Trinajstić information content (AvgIpc) is 2.86. The number of carbonyl (C=O) groups excluding carboxylic acids is 2. The quantitative estimate of drug-likeness (QED) is 0.218. The number of nitrogens with zero attached hydrogens (tertiary/aromatic N) is 1. The van der Waals surface area contributed by atoms with E-state index in [1.54, 1.807) is 24.4 Å². The first-order valence-corrected chi connectivity index (χ1v) is 11.9. The summed E-state index contributed by atoms with van der Waals surface area (Å²) in [4.78, 5) is 24.4. The summed E-state index contributed by atoms with van der Waals surface area (Å²) in [5.41, 5.74) is 4.57. The minimum absolute atomic E-state index is 0.232. The van der Waals surface area contributed by atoms with Crippen molar-refractivity contribution in [2.75, 3.05) is 6.54 Å². The summed E-state index contributed by atoms with van der Waals surface area (Å²) in [6.07, 6.45) is 1.55. The minimum Gasteiger partial charge on any atom is -0.488 e. The molecule has 0 radical (unpaired) electrons. The number of nitrogens with one attached hydrogen (secondary N) is 2. The molecule has 4 aromatic rings. The van der Waals surface area contributed by atoms with Crippen molar-refractivity contribution >= 4 is 56.3 Å². The van der Waals surface area contributed by atoms with E-state index in [0.717, 1.165) is 26.4 Å². The molecule has 2 amide bonds. The van der Waals surface area contributed by atoms with E-state index in [0.29, 0.717) is 22.9 Å². The van der Waals surface area contributed by atoms with E-state index in [9.17, 15) is 9.59 Å². The van der Waals surface area contributed by atoms with Gasteiger partial charge in [0.25, 0.3) is 11.8 Å². The summed E-state index contributed by atoms with van der Waals surface area (Å²) in [6.45, 7) is 0.144. The number of benzene rings is 4. The minimum atomic E-state index is -0.464. The van der Waals surface area contributed by atoms with Crippen molar-refractivity contribution in [2.45, 2.75) is 6.61 Å². The van der Waals surface area contributed by atoms with Crippen molar-refractivity contribution in [3.05, 3.63) is 111 Å². The third-order valence-corrected chi connectivity index (χ3v) is 5.82. The molecule has 6 nitrogen and oxygen atoms in total. The number of hydrogen-bond donors (Lipinski definition) is 2. The maximum Gasteiger partial charge on any atom is 0.259 e. The Labute approximate surface area is 216 Å². The molecule has 176 valence electrons. The first-order valence-electron chi connectivity index (χ1n) is 10.7. The highest BCUT2D eigenvalue weighted by Gasteiger charge is 2.10. The number of halogens is 2. The molecule has 0 saturated carbocycles. The van der Waals surface area contributed by atoms with Crippen LogP contribution >= 0.6 is 27.5 Å². The van der Waals surface area contributed by atoms with E-state index in [4.69, 9.17) is 16.3 Å². The van der Waals surface area contributed by atoms with Gasteiger partial charge in [-0.05, 0) is 52.7 Å². The van der Waals surface area contributed by atoms with Crippen LogP contribution in [-0.2, 0) is 11.4 Å². The van der Waals surface area contributed by atoms with Crippen molar-refractivity contribution in [1.29, 1.82) is 0 Å². The first-order chi connectivity index (χ1) is 17.0. The van der Waals surface area contributed by atoms with Gasteiger partial charge in [0.2, 0.25) is 0 Å². The highest BCUT2D eigenvalue weighted by atomic mass is 79.9. The fourth-order valence-corrected chi connectivity index (χ4v) is 4.06. The van der Waals surface area contributed by atoms with E-state index >= 15 is 0 Å². The molecular weight excluding hydrogens is 530 g/mol. The van der Waals surface area contributed by atoms with Crippen LogP contribution in [0.5, 0.6) is 5.75 Å². The molecule has 0 bridgehead atoms. The van der Waals surface area contributed by atoms with E-state index in [1.807, 2.05) is 60.7 Å². The molecule has 0 aromatic heterocycles. The number of carbonyl (C=O) groups is 2. The summed E-state index contributed by atoms with van der Waals surface area (Å²) < 4.78 is 7.06. The molecule has 8 heteroatoms. The number of fused-ring (bicyclic) bond motifs is 1. The first kappa shape index (κ1) is 24.4. The van der Waals surface area contributed by atoms with Crippen molar-refractivity contribution in [3.63, 3.8) is 0 Å². The van der Waals surface area contributed by atoms with E-state index < -0.39 is 11.8 Å². The normalized spacial score (nSPS) is 10.9. The van der Waals surface area contributed by atoms with Gasteiger partial charge in [-0.1, -0.05) is 76.1 Å². The zero-order valence-corrected chi connectivity index (χ0v) is 20.8. The van der Waals surface area contributed by atoms with Crippen LogP contribution in [-0.4, -0.2) is 24.6 Å². The second-order valence-electron chi connectivity index (χ2n) is 7.60. The lowest BCUT2D eigenvalue weighted by atomic mass is 10.0. The standard InChI is InChI=1S/C27H21BrClN3O3/c28-21-8-3-5-18(13-21)17-35-25-12-11-19-6-1-2-10-23(19)24(25)15-31-32-26(33)16-30-27(34)20-7-4-9-22(29)14-20/h1-15H,16-17H2,(H,30,34)(H,32,33)/b31-15-. The molecule has 0 aliphatic carbocycles. The van der Waals surface area contributed by atoms with Gasteiger partial charge in [0.05, 0.1) is 12.8 Å². The van der Waals surface area contributed by atoms with Crippen LogP contribution in [0.25, 0.3) is 10.8 Å². The molecule has 0 aliphatic heterocycles. The molecule has 2 N–H and O–H groups in total. The summed E-state index contributed by atoms with van der Waals surface area (Å²) in [5.74, 6) is -0.228. The van der Waals surface area contributed by atoms with Crippen LogP contribution < -0.4 is 15.5 Å². The zero-order chi connectivity index (χ0) is 24.6. The van der Waals surface area contributed by atoms with Crippen LogP contribution in [0, 0.1) is 0 Å². The Kier molecular flexibility index (Phi) is 8.13. The fourth-order valence-electron chi connectivity index (χ4n) is 3.42. The SMILES string of the molecule is O=C(CNC(=O)c1cccc(Cl)c1)N/N=C\c1c(OCc2cccc(Br)c2)ccc2ccccc12. The number of rotatable bonds is 8. The predicted octanol–water partition coefficient (Wildman–Crippen LogP) is 5.71. The third-order valence-electron chi connectivity index (χ3n) is 5.09. The monoisotopic (exact) mass is 549 g/mol. The van der Waals surface area contributed by atoms with Crippen molar-refractivity contribution < 1.29 is 14.3 Å². The Morgan fingerprint density at radius 1 is 0.971 bits per heavy atom. The number of hydrazone groups is 1. The van der Waals surface area contributed by atoms with Gasteiger partial charge in [0, 0.05) is 20.6 Å². The molecule has 0 unspecified atom stereocenters. The van der Waals surface area contributed by atoms with E-state index in [1.165, 1.54) is 6.07 Å². The lowest BCUT2D eigenvalue weighted by Crippen LogP contribution is -2.34. The highest BCUT2D eigenvalue weighted by molar-refractivity contribution is 9.10. The Hall–Kier alpha value is -3.68. The molecule has 0 atom stereocenters. The molecule has 0 spiro atoms. The van der Waals surface area contributed by atoms with Crippen molar-refractivity contribution in [3.8, 4) is 5.75 Å². The van der Waals surface area contributed by atoms with Crippen LogP contribution in [0.2, 0.25) is 5.02 Å². The van der Waals surface area contributed by atoms with Crippen LogP contribution in [0.4, 0.5) is 0 Å². The van der Waals surface area contributed by atoms with Gasteiger partial charge < -0.3 is 10.1 Å². The summed E-state index contributed by atoms with van der Waals surface area (Å²) in [5, 5.41) is 9.05. The molecule has 0 heterocycles. The van der Waals surface area contributed by atoms with E-state index in [2.05, 4.69) is 31.8 Å². The number of ether oxygens (including phenoxy) is 1. The molecule has 4 rings (SSSR count). The molecule has 4 aromatic carbocycles. The van der Waals surface area contributed by atoms with Gasteiger partial charge >= 0.3 is 0 Å². The number of amides is 2. The summed E-state index contributed by atoms with van der Waals surface area (Å²) in [7, 11) is 0. The maximum absolute atomic E-state index is 12.2. The highest BCUT2D eigenvalue weighted by Crippen LogP contribution is 2.27. The second-order valence-corrected chi connectivity index (χ2v) is 8.96. The Balaban J connectivity index is 1.44. The lowest BCUT2D eigenvalue weighted by Gasteiger charge is -2.12. The van der Waals surface area contributed by atoms with Gasteiger partial charge in [0.15, 0.2) is 0 Å². The van der Waals surface area contributed by atoms with Gasteiger partial charge in [-0.25, -0.2) is 5.43 Å². The van der Waals surface area contributed by atoms with Gasteiger partial charge in [-0.3, -0.25) is 9.59 Å². The summed E-state index contributed by atoms with van der Waals surface area (Å²) in [6, 6.07) is 26.1. The maximum atomic E-state index is 12.2. The van der Waals surface area contributed by atoms with Crippen molar-refractivity contribution in [2.24, 2.45) is 5.10 Å². The Bertz CT molecular complexity index is 1410. The average molecular weight is 551 g/mol. The zero-order valence-electron chi connectivity index (χ0n) is 18.5. The van der Waals surface area contributed by atoms with Gasteiger partial charge in [-0.15, -0.1) is 0 Å². The van der Waals surface area contributed by atoms with Crippen LogP contribution in [0.1, 0.15) is 21.5 Å². The van der Waals surface area contributed by atoms with Crippen LogP contribution in [0.3, 0.4) is 0 Å². The molecule has 0 aliphatic rings. The molecule has 35 heavy (non-hydrogen) atoms. The fraction of sp³-hybridized carbons (Fsp3) is 0.0741. The Morgan fingerprint density at radius 2 is 1.80 bits per heavy atom. The predicted molar refractivity (Wildman–Crippen MR) is 142 cm³/mol. The molecule has 0 saturated heterocycles. The number of hydrogen-bond acceptors (Lipinski definition) is 4. The van der Waals surface area contributed by atoms with Gasteiger partial charge in [-0.2, -0.15) is 5.10 Å². The lowest BCUT2D eigenvalue weighted by molar-refractivity contribution is -0.120. The summed E-state index contributed by atoms with van der Waals surface area (Å²) >= 11 is 9.38. The topological polar surface area (TPSA) is 79.8 Å².